The molecule has 0 saturated carbocycles. The Balaban J connectivity index is 2.09. The average molecular weight is 450 g/mol. The van der Waals surface area contributed by atoms with E-state index in [-0.39, 0.29) is 22.5 Å². The molecule has 0 fully saturated rings. The fourth-order valence-corrected chi connectivity index (χ4v) is 2.71. The lowest BCUT2D eigenvalue weighted by Gasteiger charge is -2.07. The fourth-order valence-electron chi connectivity index (χ4n) is 2.71. The average Bonchev–Trinajstić information content (AvgIpc) is 2.78. The van der Waals surface area contributed by atoms with Crippen LogP contribution in [0.1, 0.15) is 18.2 Å². The van der Waals surface area contributed by atoms with Crippen molar-refractivity contribution in [3.05, 3.63) is 132 Å². The number of aromatic nitrogens is 1. The second kappa shape index (κ2) is 11.7. The van der Waals surface area contributed by atoms with Gasteiger partial charge in [0.05, 0.1) is 6.61 Å². The Hall–Kier alpha value is -3.86. The van der Waals surface area contributed by atoms with E-state index in [2.05, 4.69) is 31.3 Å². The summed E-state index contributed by atoms with van der Waals surface area (Å²) in [5, 5.41) is 0. The third kappa shape index (κ3) is 7.07. The van der Waals surface area contributed by atoms with Crippen molar-refractivity contribution in [2.24, 2.45) is 0 Å². The van der Waals surface area contributed by atoms with Crippen LogP contribution >= 0.6 is 0 Å². The first-order valence-corrected chi connectivity index (χ1v) is 10.2. The summed E-state index contributed by atoms with van der Waals surface area (Å²) in [5.74, 6) is -2.37. The molecule has 0 aliphatic heterocycles. The minimum absolute atomic E-state index is 0.0671. The highest BCUT2D eigenvalue weighted by Gasteiger charge is 2.13. The maximum absolute atomic E-state index is 14.6. The summed E-state index contributed by atoms with van der Waals surface area (Å²) in [6.07, 6.45) is 8.65. The van der Waals surface area contributed by atoms with Crippen LogP contribution in [0.25, 0.3) is 17.2 Å². The molecule has 1 aromatic heterocycles. The zero-order chi connectivity index (χ0) is 24.5. The number of pyridine rings is 1. The normalized spacial score (nSPS) is 11.7. The number of hydrogen-bond donors (Lipinski definition) is 0. The first-order chi connectivity index (χ1) is 15.6. The van der Waals surface area contributed by atoms with Crippen LogP contribution in [-0.4, -0.2) is 11.6 Å². The van der Waals surface area contributed by atoms with E-state index in [4.69, 9.17) is 4.74 Å². The van der Waals surface area contributed by atoms with E-state index in [1.54, 1.807) is 25.1 Å². The number of halogens is 3. The molecule has 2 nitrogen and oxygen atoms in total. The van der Waals surface area contributed by atoms with Gasteiger partial charge < -0.3 is 4.74 Å². The third-order valence-electron chi connectivity index (χ3n) is 4.60. The molecule has 2 aromatic rings. The summed E-state index contributed by atoms with van der Waals surface area (Å²) < 4.78 is 48.4. The van der Waals surface area contributed by atoms with Crippen LogP contribution in [0.2, 0.25) is 0 Å². The van der Waals surface area contributed by atoms with Gasteiger partial charge in [-0.25, -0.2) is 13.2 Å². The van der Waals surface area contributed by atoms with Gasteiger partial charge in [0.15, 0.2) is 11.6 Å². The lowest BCUT2D eigenvalue weighted by atomic mass is 10.0. The monoisotopic (exact) mass is 449 g/mol. The molecule has 0 N–H and O–H groups in total. The van der Waals surface area contributed by atoms with Crippen molar-refractivity contribution in [3.63, 3.8) is 0 Å². The van der Waals surface area contributed by atoms with E-state index >= 15 is 0 Å². The molecule has 2 rings (SSSR count). The number of allylic oxidation sites excluding steroid dienone is 8. The van der Waals surface area contributed by atoms with Gasteiger partial charge in [-0.15, -0.1) is 0 Å². The van der Waals surface area contributed by atoms with Crippen molar-refractivity contribution in [1.82, 2.24) is 4.98 Å². The summed E-state index contributed by atoms with van der Waals surface area (Å²) in [5.41, 5.74) is 2.33. The maximum Gasteiger partial charge on any atom is 0.167 e. The molecule has 0 aliphatic carbocycles. The predicted octanol–water partition coefficient (Wildman–Crippen LogP) is 7.98. The molecule has 0 atom stereocenters. The van der Waals surface area contributed by atoms with Gasteiger partial charge in [-0.05, 0) is 31.1 Å². The molecule has 0 saturated heterocycles. The van der Waals surface area contributed by atoms with Gasteiger partial charge in [-0.2, -0.15) is 0 Å². The molecule has 0 aliphatic rings. The Morgan fingerprint density at radius 1 is 1.00 bits per heavy atom. The Bertz CT molecular complexity index is 1170. The lowest BCUT2D eigenvalue weighted by Crippen LogP contribution is -1.94. The highest BCUT2D eigenvalue weighted by molar-refractivity contribution is 5.67. The van der Waals surface area contributed by atoms with Crippen molar-refractivity contribution < 1.29 is 17.9 Å². The Morgan fingerprint density at radius 3 is 2.36 bits per heavy atom. The Morgan fingerprint density at radius 2 is 1.73 bits per heavy atom. The zero-order valence-electron chi connectivity index (χ0n) is 18.8. The minimum atomic E-state index is -0.972. The number of hydrogen-bond acceptors (Lipinski definition) is 2. The SMILES string of the molecule is C=C(/C=C\C(=C)C(=C)/C(F)=C\C(=C)OCC)/C=C/c1ccc(-c2ccc(C)nc2)c(F)c1F. The number of ether oxygens (including phenoxy) is 1. The molecule has 0 radical (unpaired) electrons. The van der Waals surface area contributed by atoms with Gasteiger partial charge >= 0.3 is 0 Å². The second-order valence-electron chi connectivity index (χ2n) is 7.16. The van der Waals surface area contributed by atoms with E-state index in [1.807, 2.05) is 6.92 Å². The molecule has 0 amide bonds. The molecular formula is C28H26F3NO. The minimum Gasteiger partial charge on any atom is -0.494 e. The maximum atomic E-state index is 14.6. The summed E-state index contributed by atoms with van der Waals surface area (Å²) in [6.45, 7) is 18.8. The third-order valence-corrected chi connectivity index (χ3v) is 4.60. The summed E-state index contributed by atoms with van der Waals surface area (Å²) in [4.78, 5) is 4.12. The van der Waals surface area contributed by atoms with E-state index < -0.39 is 17.5 Å². The molecule has 5 heteroatoms. The molecule has 1 heterocycles. The van der Waals surface area contributed by atoms with Crippen LogP contribution in [-0.2, 0) is 4.74 Å². The largest absolute Gasteiger partial charge is 0.494 e. The van der Waals surface area contributed by atoms with Gasteiger partial charge in [0.2, 0.25) is 0 Å². The van der Waals surface area contributed by atoms with Crippen LogP contribution in [0.3, 0.4) is 0 Å². The van der Waals surface area contributed by atoms with Gasteiger partial charge in [-0.3, -0.25) is 4.98 Å². The first kappa shape index (κ1) is 25.4. The van der Waals surface area contributed by atoms with E-state index in [0.717, 1.165) is 11.8 Å². The molecule has 33 heavy (non-hydrogen) atoms. The predicted molar refractivity (Wildman–Crippen MR) is 130 cm³/mol. The smallest absolute Gasteiger partial charge is 0.167 e. The van der Waals surface area contributed by atoms with Gasteiger partial charge in [0, 0.05) is 40.2 Å². The van der Waals surface area contributed by atoms with E-state index in [0.29, 0.717) is 23.3 Å². The van der Waals surface area contributed by atoms with Crippen LogP contribution in [0.5, 0.6) is 0 Å². The molecule has 0 bridgehead atoms. The number of nitrogens with zero attached hydrogens (tertiary/aromatic N) is 1. The van der Waals surface area contributed by atoms with Crippen molar-refractivity contribution >= 4 is 6.08 Å². The number of rotatable bonds is 10. The summed E-state index contributed by atoms with van der Waals surface area (Å²) in [6, 6.07) is 6.40. The van der Waals surface area contributed by atoms with Crippen LogP contribution < -0.4 is 0 Å². The Kier molecular flexibility index (Phi) is 8.98. The van der Waals surface area contributed by atoms with Crippen molar-refractivity contribution in [2.45, 2.75) is 13.8 Å². The van der Waals surface area contributed by atoms with Crippen molar-refractivity contribution in [1.29, 1.82) is 0 Å². The summed E-state index contributed by atoms with van der Waals surface area (Å²) >= 11 is 0. The lowest BCUT2D eigenvalue weighted by molar-refractivity contribution is 0.243. The highest BCUT2D eigenvalue weighted by Crippen LogP contribution is 2.27. The highest BCUT2D eigenvalue weighted by atomic mass is 19.2. The molecule has 0 unspecified atom stereocenters. The standard InChI is InChI=1S/C28H26F3NO/c1-7-33-21(5)16-26(29)22(6)19(3)10-8-18(2)9-12-23-14-15-25(28(31)27(23)30)24-13-11-20(4)32-17-24/h8-17H,2-3,5-7H2,1,4H3/b10-8-,12-9+,26-16+. The fraction of sp³-hybridized carbons (Fsp3) is 0.107. The number of benzene rings is 1. The van der Waals surface area contributed by atoms with Gasteiger partial charge in [0.1, 0.15) is 11.6 Å². The quantitative estimate of drug-likeness (QED) is 0.271. The first-order valence-electron chi connectivity index (χ1n) is 10.2. The molecule has 0 spiro atoms. The van der Waals surface area contributed by atoms with Gasteiger partial charge in [-0.1, -0.05) is 68.8 Å². The second-order valence-corrected chi connectivity index (χ2v) is 7.16. The molecule has 1 aromatic carbocycles. The van der Waals surface area contributed by atoms with Crippen LogP contribution in [0.4, 0.5) is 13.2 Å². The van der Waals surface area contributed by atoms with E-state index in [1.165, 1.54) is 36.6 Å². The summed E-state index contributed by atoms with van der Waals surface area (Å²) in [7, 11) is 0. The molecular weight excluding hydrogens is 423 g/mol. The van der Waals surface area contributed by atoms with Crippen molar-refractivity contribution in [3.8, 4) is 11.1 Å². The van der Waals surface area contributed by atoms with Gasteiger partial charge in [0.25, 0.3) is 0 Å². The topological polar surface area (TPSA) is 22.1 Å². The van der Waals surface area contributed by atoms with E-state index in [9.17, 15) is 13.2 Å². The Labute approximate surface area is 193 Å². The number of aryl methyl sites for hydroxylation is 1. The molecule has 170 valence electrons. The van der Waals surface area contributed by atoms with Crippen LogP contribution in [0, 0.1) is 18.6 Å². The zero-order valence-corrected chi connectivity index (χ0v) is 18.8. The van der Waals surface area contributed by atoms with Crippen LogP contribution in [0.15, 0.2) is 109 Å². The van der Waals surface area contributed by atoms with Crippen molar-refractivity contribution in [2.75, 3.05) is 6.61 Å².